The normalized spacial score (nSPS) is 15.7. The van der Waals surface area contributed by atoms with Crippen molar-refractivity contribution >= 4 is 12.0 Å². The number of aromatic nitrogens is 2. The van der Waals surface area contributed by atoms with E-state index >= 15 is 0 Å². The summed E-state index contributed by atoms with van der Waals surface area (Å²) in [5.41, 5.74) is 2.91. The van der Waals surface area contributed by atoms with E-state index in [4.69, 9.17) is 5.11 Å². The Morgan fingerprint density at radius 1 is 1.38 bits per heavy atom. The van der Waals surface area contributed by atoms with Gasteiger partial charge in [-0.05, 0) is 26.0 Å². The monoisotopic (exact) mass is 217 g/mol. The molecule has 1 N–H and O–H groups in total. The molecule has 0 fully saturated rings. The molecule has 0 radical (unpaired) electrons. The summed E-state index contributed by atoms with van der Waals surface area (Å²) in [5.74, 6) is 0.786. The van der Waals surface area contributed by atoms with Gasteiger partial charge in [-0.25, -0.2) is 9.67 Å². The van der Waals surface area contributed by atoms with Crippen LogP contribution in [0.5, 0.6) is 0 Å². The highest BCUT2D eigenvalue weighted by Gasteiger charge is 2.07. The summed E-state index contributed by atoms with van der Waals surface area (Å²) in [6.07, 6.45) is 6.74. The van der Waals surface area contributed by atoms with Crippen molar-refractivity contribution in [3.63, 3.8) is 0 Å². The number of aliphatic hydroxyl groups is 1. The van der Waals surface area contributed by atoms with Gasteiger partial charge in [-0.2, -0.15) is 5.10 Å². The molecule has 1 aliphatic heterocycles. The number of aliphatic imine (C=N–C) groups is 1. The van der Waals surface area contributed by atoms with E-state index in [9.17, 15) is 0 Å². The second-order valence-corrected chi connectivity index (χ2v) is 3.90. The highest BCUT2D eigenvalue weighted by molar-refractivity contribution is 5.70. The van der Waals surface area contributed by atoms with Crippen LogP contribution in [0.2, 0.25) is 0 Å². The van der Waals surface area contributed by atoms with Gasteiger partial charge in [-0.15, -0.1) is 0 Å². The first-order chi connectivity index (χ1) is 7.70. The van der Waals surface area contributed by atoms with E-state index in [1.165, 1.54) is 5.57 Å². The van der Waals surface area contributed by atoms with Gasteiger partial charge in [0.25, 0.3) is 0 Å². The molecule has 0 atom stereocenters. The summed E-state index contributed by atoms with van der Waals surface area (Å²) in [6.45, 7) is 3.98. The number of hydrogen-bond acceptors (Lipinski definition) is 3. The first-order valence-electron chi connectivity index (χ1n) is 5.27. The third-order valence-electron chi connectivity index (χ3n) is 2.47. The van der Waals surface area contributed by atoms with Crippen LogP contribution in [-0.4, -0.2) is 21.1 Å². The highest BCUT2D eigenvalue weighted by Crippen LogP contribution is 2.15. The number of nitrogens with zero attached hydrogens (tertiary/aromatic N) is 3. The fraction of sp³-hybridized carbons (Fsp3) is 0.333. The molecule has 16 heavy (non-hydrogen) atoms. The fourth-order valence-corrected chi connectivity index (χ4v) is 1.58. The zero-order chi connectivity index (χ0) is 11.5. The molecule has 0 aromatic carbocycles. The Kier molecular flexibility index (Phi) is 3.01. The number of hydrogen-bond donors (Lipinski definition) is 1. The molecule has 0 unspecified atom stereocenters. The third kappa shape index (κ3) is 2.12. The summed E-state index contributed by atoms with van der Waals surface area (Å²) in [7, 11) is 0. The van der Waals surface area contributed by atoms with Crippen molar-refractivity contribution < 1.29 is 5.11 Å². The molecular formula is C12H15N3O. The van der Waals surface area contributed by atoms with E-state index < -0.39 is 0 Å². The zero-order valence-corrected chi connectivity index (χ0v) is 9.51. The van der Waals surface area contributed by atoms with E-state index in [-0.39, 0.29) is 6.61 Å². The van der Waals surface area contributed by atoms with Crippen molar-refractivity contribution in [2.24, 2.45) is 4.99 Å². The Morgan fingerprint density at radius 3 is 2.88 bits per heavy atom. The lowest BCUT2D eigenvalue weighted by atomic mass is 10.2. The van der Waals surface area contributed by atoms with Gasteiger partial charge in [0.1, 0.15) is 0 Å². The highest BCUT2D eigenvalue weighted by atomic mass is 16.3. The van der Waals surface area contributed by atoms with E-state index in [0.717, 1.165) is 17.9 Å². The standard InChI is InChI=1S/C12H15N3O/c1-9-3-4-12(13-6-5-9)15-10(2)7-11(8-16)14-15/h3-4,6-7,16H,5,8H2,1-2H3. The molecule has 1 aliphatic rings. The van der Waals surface area contributed by atoms with Gasteiger partial charge in [0.15, 0.2) is 5.82 Å². The molecule has 0 amide bonds. The lowest BCUT2D eigenvalue weighted by molar-refractivity contribution is 0.276. The van der Waals surface area contributed by atoms with Crippen LogP contribution >= 0.6 is 0 Å². The molecule has 4 nitrogen and oxygen atoms in total. The average molecular weight is 217 g/mol. The smallest absolute Gasteiger partial charge is 0.153 e. The Hall–Kier alpha value is -1.68. The molecule has 2 heterocycles. The van der Waals surface area contributed by atoms with Gasteiger partial charge in [-0.3, -0.25) is 0 Å². The minimum atomic E-state index is -0.0420. The maximum absolute atomic E-state index is 9.03. The second kappa shape index (κ2) is 4.45. The molecule has 0 aliphatic carbocycles. The molecule has 1 aromatic heterocycles. The molecule has 1 aromatic rings. The Labute approximate surface area is 94.6 Å². The van der Waals surface area contributed by atoms with Gasteiger partial charge >= 0.3 is 0 Å². The fourth-order valence-electron chi connectivity index (χ4n) is 1.58. The van der Waals surface area contributed by atoms with E-state index in [2.05, 4.69) is 17.0 Å². The largest absolute Gasteiger partial charge is 0.390 e. The SMILES string of the molecule is CC1=CC=C(n2nc(CO)cc2C)N=CC1. The summed E-state index contributed by atoms with van der Waals surface area (Å²) in [6, 6.07) is 1.86. The first kappa shape index (κ1) is 10.8. The van der Waals surface area contributed by atoms with E-state index in [0.29, 0.717) is 5.69 Å². The van der Waals surface area contributed by atoms with Crippen molar-refractivity contribution in [2.45, 2.75) is 26.9 Å². The summed E-state index contributed by atoms with van der Waals surface area (Å²) in [4.78, 5) is 4.36. The van der Waals surface area contributed by atoms with Gasteiger partial charge < -0.3 is 5.11 Å². The quantitative estimate of drug-likeness (QED) is 0.822. The van der Waals surface area contributed by atoms with E-state index in [1.54, 1.807) is 4.68 Å². The Bertz CT molecular complexity index is 480. The van der Waals surface area contributed by atoms with Crippen molar-refractivity contribution in [3.05, 3.63) is 35.2 Å². The van der Waals surface area contributed by atoms with Crippen LogP contribution in [0.15, 0.2) is 28.8 Å². The molecular weight excluding hydrogens is 202 g/mol. The second-order valence-electron chi connectivity index (χ2n) is 3.90. The van der Waals surface area contributed by atoms with Crippen LogP contribution in [0.4, 0.5) is 0 Å². The van der Waals surface area contributed by atoms with Crippen molar-refractivity contribution in [1.82, 2.24) is 9.78 Å². The van der Waals surface area contributed by atoms with Crippen LogP contribution in [0, 0.1) is 6.92 Å². The molecule has 4 heteroatoms. The summed E-state index contributed by atoms with van der Waals surface area (Å²) >= 11 is 0. The summed E-state index contributed by atoms with van der Waals surface area (Å²) in [5, 5.41) is 13.3. The first-order valence-corrected chi connectivity index (χ1v) is 5.27. The molecule has 0 bridgehead atoms. The van der Waals surface area contributed by atoms with Crippen LogP contribution in [0.25, 0.3) is 5.82 Å². The van der Waals surface area contributed by atoms with Crippen molar-refractivity contribution in [2.75, 3.05) is 0 Å². The summed E-state index contributed by atoms with van der Waals surface area (Å²) < 4.78 is 1.75. The molecule has 0 saturated carbocycles. The van der Waals surface area contributed by atoms with Crippen molar-refractivity contribution in [3.8, 4) is 0 Å². The predicted octanol–water partition coefficient (Wildman–Crippen LogP) is 1.90. The molecule has 0 saturated heterocycles. The van der Waals surface area contributed by atoms with Gasteiger partial charge in [0.2, 0.25) is 0 Å². The van der Waals surface area contributed by atoms with Crippen LogP contribution in [0.3, 0.4) is 0 Å². The minimum Gasteiger partial charge on any atom is -0.390 e. The van der Waals surface area contributed by atoms with E-state index in [1.807, 2.05) is 31.4 Å². The average Bonchev–Trinajstić information content (AvgIpc) is 2.51. The van der Waals surface area contributed by atoms with Gasteiger partial charge in [0.05, 0.1) is 12.3 Å². The predicted molar refractivity (Wildman–Crippen MR) is 64.0 cm³/mol. The van der Waals surface area contributed by atoms with Gasteiger partial charge in [-0.1, -0.05) is 11.6 Å². The number of allylic oxidation sites excluding steroid dienone is 3. The molecule has 84 valence electrons. The van der Waals surface area contributed by atoms with Crippen LogP contribution in [-0.2, 0) is 6.61 Å². The maximum Gasteiger partial charge on any atom is 0.153 e. The lowest BCUT2D eigenvalue weighted by Crippen LogP contribution is -2.00. The Balaban J connectivity index is 2.40. The van der Waals surface area contributed by atoms with Crippen LogP contribution in [0.1, 0.15) is 24.7 Å². The van der Waals surface area contributed by atoms with Crippen molar-refractivity contribution in [1.29, 1.82) is 0 Å². The third-order valence-corrected chi connectivity index (χ3v) is 2.47. The topological polar surface area (TPSA) is 50.4 Å². The number of aliphatic hydroxyl groups excluding tert-OH is 1. The minimum absolute atomic E-state index is 0.0420. The Morgan fingerprint density at radius 2 is 2.19 bits per heavy atom. The number of aryl methyl sites for hydroxylation is 1. The maximum atomic E-state index is 9.03. The number of rotatable bonds is 2. The van der Waals surface area contributed by atoms with Gasteiger partial charge in [0, 0.05) is 18.3 Å². The zero-order valence-electron chi connectivity index (χ0n) is 9.51. The van der Waals surface area contributed by atoms with Crippen LogP contribution < -0.4 is 0 Å². The molecule has 2 rings (SSSR count). The molecule has 0 spiro atoms. The lowest BCUT2D eigenvalue weighted by Gasteiger charge is -2.02.